The minimum absolute atomic E-state index is 0. The maximum atomic E-state index is 11.8. The van der Waals surface area contributed by atoms with Crippen molar-refractivity contribution in [3.8, 4) is 11.5 Å². The normalized spacial score (nSPS) is 11.4. The lowest BCUT2D eigenvalue weighted by molar-refractivity contribution is 0.0998. The molecule has 0 saturated carbocycles. The van der Waals surface area contributed by atoms with E-state index in [2.05, 4.69) is 20.3 Å². The van der Waals surface area contributed by atoms with Crippen LogP contribution >= 0.6 is 24.0 Å². The van der Waals surface area contributed by atoms with E-state index in [1.165, 1.54) is 0 Å². The number of ether oxygens (including phenoxy) is 2. The average molecular weight is 414 g/mol. The summed E-state index contributed by atoms with van der Waals surface area (Å²) in [6.07, 6.45) is 0.670. The first-order valence-corrected chi connectivity index (χ1v) is 7.91. The zero-order chi connectivity index (χ0) is 18.7. The van der Waals surface area contributed by atoms with E-state index in [0.29, 0.717) is 18.7 Å². The number of anilines is 2. The van der Waals surface area contributed by atoms with Crippen molar-refractivity contribution in [2.45, 2.75) is 6.42 Å². The first-order valence-electron chi connectivity index (χ1n) is 7.53. The van der Waals surface area contributed by atoms with E-state index in [0.717, 1.165) is 11.3 Å². The van der Waals surface area contributed by atoms with Gasteiger partial charge < -0.3 is 32.0 Å². The molecule has 0 radical (unpaired) electrons. The molecule has 1 aromatic heterocycles. The lowest BCUT2D eigenvalue weighted by Gasteiger charge is -2.09. The zero-order valence-electron chi connectivity index (χ0n) is 13.9. The minimum atomic E-state index is -0.816. The van der Waals surface area contributed by atoms with Crippen LogP contribution in [0.5, 0.6) is 11.5 Å². The quantitative estimate of drug-likeness (QED) is 0.411. The Kier molecular flexibility index (Phi) is 6.48. The molecule has 1 aliphatic rings. The highest BCUT2D eigenvalue weighted by molar-refractivity contribution is 6.32. The SMILES string of the molecule is Cl.NC(N)=NC(=O)c1nc(Cl)c(NCCc2ccc3c(c2)OCO3)nc1N. The number of nitrogen functional groups attached to an aromatic ring is 1. The van der Waals surface area contributed by atoms with E-state index >= 15 is 0 Å². The maximum absolute atomic E-state index is 11.8. The van der Waals surface area contributed by atoms with Gasteiger partial charge in [0.25, 0.3) is 0 Å². The van der Waals surface area contributed by atoms with Gasteiger partial charge in [-0.25, -0.2) is 9.97 Å². The first kappa shape index (κ1) is 20.3. The molecule has 10 nitrogen and oxygen atoms in total. The summed E-state index contributed by atoms with van der Waals surface area (Å²) >= 11 is 6.05. The zero-order valence-corrected chi connectivity index (χ0v) is 15.5. The second kappa shape index (κ2) is 8.60. The molecule has 0 atom stereocenters. The fourth-order valence-electron chi connectivity index (χ4n) is 2.29. The fraction of sp³-hybridized carbons (Fsp3) is 0.200. The van der Waals surface area contributed by atoms with Crippen molar-refractivity contribution < 1.29 is 14.3 Å². The van der Waals surface area contributed by atoms with Gasteiger partial charge in [-0.1, -0.05) is 17.7 Å². The van der Waals surface area contributed by atoms with E-state index in [-0.39, 0.29) is 41.7 Å². The van der Waals surface area contributed by atoms with Crippen LogP contribution in [0.25, 0.3) is 0 Å². The number of nitrogens with one attached hydrogen (secondary N) is 1. The van der Waals surface area contributed by atoms with Crippen molar-refractivity contribution in [2.24, 2.45) is 16.5 Å². The van der Waals surface area contributed by atoms with Crippen LogP contribution in [-0.4, -0.2) is 35.2 Å². The number of carbonyl (C=O) groups excluding carboxylic acids is 1. The van der Waals surface area contributed by atoms with E-state index in [4.69, 9.17) is 38.3 Å². The van der Waals surface area contributed by atoms with Crippen LogP contribution in [0, 0.1) is 0 Å². The molecule has 1 aliphatic heterocycles. The summed E-state index contributed by atoms with van der Waals surface area (Å²) < 4.78 is 10.6. The smallest absolute Gasteiger partial charge is 0.302 e. The van der Waals surface area contributed by atoms with E-state index in [1.807, 2.05) is 18.2 Å². The predicted molar refractivity (Wildman–Crippen MR) is 104 cm³/mol. The summed E-state index contributed by atoms with van der Waals surface area (Å²) in [5.41, 5.74) is 16.9. The van der Waals surface area contributed by atoms with Crippen LogP contribution in [0.4, 0.5) is 11.6 Å². The lowest BCUT2D eigenvalue weighted by atomic mass is 10.1. The van der Waals surface area contributed by atoms with Gasteiger partial charge in [-0.2, -0.15) is 4.99 Å². The molecular formula is C15H17Cl2N7O3. The van der Waals surface area contributed by atoms with Gasteiger partial charge in [0, 0.05) is 6.54 Å². The van der Waals surface area contributed by atoms with Crippen LogP contribution in [0.1, 0.15) is 16.1 Å². The van der Waals surface area contributed by atoms with Crippen LogP contribution in [-0.2, 0) is 6.42 Å². The van der Waals surface area contributed by atoms with Crippen molar-refractivity contribution >= 4 is 47.5 Å². The molecule has 0 bridgehead atoms. The molecule has 0 spiro atoms. The third-order valence-corrected chi connectivity index (χ3v) is 3.72. The average Bonchev–Trinajstić information content (AvgIpc) is 3.04. The number of guanidine groups is 1. The number of hydrogen-bond acceptors (Lipinski definition) is 7. The van der Waals surface area contributed by atoms with Crippen LogP contribution < -0.4 is 32.0 Å². The number of aliphatic imine (C=N–C) groups is 1. The first-order chi connectivity index (χ1) is 12.4. The molecule has 12 heteroatoms. The van der Waals surface area contributed by atoms with E-state index in [9.17, 15) is 4.79 Å². The number of halogens is 2. The number of amides is 1. The number of aromatic nitrogens is 2. The van der Waals surface area contributed by atoms with Gasteiger partial charge >= 0.3 is 5.91 Å². The van der Waals surface area contributed by atoms with E-state index in [1.54, 1.807) is 0 Å². The van der Waals surface area contributed by atoms with Crippen molar-refractivity contribution in [1.29, 1.82) is 0 Å². The molecule has 0 saturated heterocycles. The predicted octanol–water partition coefficient (Wildman–Crippen LogP) is 0.931. The van der Waals surface area contributed by atoms with Gasteiger partial charge in [-0.15, -0.1) is 12.4 Å². The molecule has 2 aromatic rings. The number of nitrogens with zero attached hydrogens (tertiary/aromatic N) is 3. The molecule has 144 valence electrons. The number of rotatable bonds is 5. The van der Waals surface area contributed by atoms with Gasteiger partial charge in [0.05, 0.1) is 0 Å². The Morgan fingerprint density at radius 1 is 1.26 bits per heavy atom. The maximum Gasteiger partial charge on any atom is 0.302 e. The number of fused-ring (bicyclic) bond motifs is 1. The van der Waals surface area contributed by atoms with Crippen molar-refractivity contribution in [1.82, 2.24) is 9.97 Å². The number of hydrogen-bond donors (Lipinski definition) is 4. The standard InChI is InChI=1S/C15H16ClN7O3.ClH/c16-11-13(22-12(17)10(21-11)14(24)23-15(18)19)20-4-3-7-1-2-8-9(5-7)26-6-25-8;/h1-2,5H,3-4,6H2,(H3,17,20,22)(H4,18,19,23,24);1H. The minimum Gasteiger partial charge on any atom is -0.454 e. The molecular weight excluding hydrogens is 397 g/mol. The lowest BCUT2D eigenvalue weighted by Crippen LogP contribution is -2.25. The molecule has 1 amide bonds. The van der Waals surface area contributed by atoms with Crippen molar-refractivity contribution in [2.75, 3.05) is 24.4 Å². The highest BCUT2D eigenvalue weighted by atomic mass is 35.5. The summed E-state index contributed by atoms with van der Waals surface area (Å²) in [7, 11) is 0. The van der Waals surface area contributed by atoms with Crippen LogP contribution in [0.3, 0.4) is 0 Å². The Bertz CT molecular complexity index is 888. The largest absolute Gasteiger partial charge is 0.454 e. The summed E-state index contributed by atoms with van der Waals surface area (Å²) in [4.78, 5) is 23.1. The molecule has 3 rings (SSSR count). The van der Waals surface area contributed by atoms with Gasteiger partial charge in [-0.05, 0) is 24.1 Å². The number of carbonyl (C=O) groups is 1. The third-order valence-electron chi connectivity index (χ3n) is 3.46. The highest BCUT2D eigenvalue weighted by Gasteiger charge is 2.17. The Morgan fingerprint density at radius 3 is 2.74 bits per heavy atom. The van der Waals surface area contributed by atoms with E-state index < -0.39 is 11.9 Å². The number of benzene rings is 1. The molecule has 0 aliphatic carbocycles. The molecule has 1 aromatic carbocycles. The Labute approximate surface area is 165 Å². The van der Waals surface area contributed by atoms with Crippen molar-refractivity contribution in [3.05, 3.63) is 34.6 Å². The highest BCUT2D eigenvalue weighted by Crippen LogP contribution is 2.32. The molecule has 2 heterocycles. The summed E-state index contributed by atoms with van der Waals surface area (Å²) in [5.74, 6) is 0.347. The summed E-state index contributed by atoms with van der Waals surface area (Å²) in [5, 5.41) is 3.01. The van der Waals surface area contributed by atoms with Crippen LogP contribution in [0.15, 0.2) is 23.2 Å². The Morgan fingerprint density at radius 2 is 2.00 bits per heavy atom. The van der Waals surface area contributed by atoms with Crippen molar-refractivity contribution in [3.63, 3.8) is 0 Å². The molecule has 0 unspecified atom stereocenters. The van der Waals surface area contributed by atoms with Gasteiger partial charge in [0.15, 0.2) is 39.9 Å². The monoisotopic (exact) mass is 413 g/mol. The Balaban J connectivity index is 0.00000261. The van der Waals surface area contributed by atoms with Gasteiger partial charge in [-0.3, -0.25) is 4.79 Å². The fourth-order valence-corrected chi connectivity index (χ4v) is 2.48. The third kappa shape index (κ3) is 4.80. The molecule has 7 N–H and O–H groups in total. The topological polar surface area (TPSA) is 164 Å². The second-order valence-corrected chi connectivity index (χ2v) is 5.66. The molecule has 27 heavy (non-hydrogen) atoms. The number of nitrogens with two attached hydrogens (primary N) is 3. The summed E-state index contributed by atoms with van der Waals surface area (Å²) in [6, 6.07) is 5.70. The molecule has 0 fully saturated rings. The Hall–Kier alpha value is -2.98. The summed E-state index contributed by atoms with van der Waals surface area (Å²) in [6.45, 7) is 0.737. The van der Waals surface area contributed by atoms with Gasteiger partial charge in [0.1, 0.15) is 0 Å². The van der Waals surface area contributed by atoms with Gasteiger partial charge in [0.2, 0.25) is 6.79 Å². The second-order valence-electron chi connectivity index (χ2n) is 5.30. The van der Waals surface area contributed by atoms with Crippen LogP contribution in [0.2, 0.25) is 5.15 Å².